The highest BCUT2D eigenvalue weighted by atomic mass is 16.5. The van der Waals surface area contributed by atoms with E-state index in [2.05, 4.69) is 56.6 Å². The summed E-state index contributed by atoms with van der Waals surface area (Å²) < 4.78 is 10.5. The average Bonchev–Trinajstić information content (AvgIpc) is 3.29. The molecule has 2 N–H and O–H groups in total. The number of likely N-dealkylation sites (tertiary alicyclic amines) is 1. The Morgan fingerprint density at radius 3 is 2.61 bits per heavy atom. The first-order chi connectivity index (χ1) is 19.8. The van der Waals surface area contributed by atoms with Crippen LogP contribution >= 0.6 is 0 Å². The lowest BCUT2D eigenvalue weighted by Gasteiger charge is -2.23. The maximum atomic E-state index is 13.8. The van der Waals surface area contributed by atoms with Gasteiger partial charge in [-0.3, -0.25) is 4.79 Å². The molecule has 212 valence electrons. The van der Waals surface area contributed by atoms with Crippen LogP contribution in [0.4, 0.5) is 0 Å². The van der Waals surface area contributed by atoms with Gasteiger partial charge < -0.3 is 24.5 Å². The first-order valence-corrected chi connectivity index (χ1v) is 14.4. The standard InChI is InChI=1S/C31H36N8O2/c1-18-15-37(19(2)28(18)32)31(40)22-11-24-29(27(13-22)41-4)39(17-23-14-33-36(3)35-23)30(34-24)26-12-21-7-5-6-8-25(21)38(26)16-20-9-10-20/h5-8,11-14,18-20,28H,9-10,15-17,32H2,1-4H3/t18?,19?,28-/m1/s1. The van der Waals surface area contributed by atoms with Gasteiger partial charge in [-0.15, -0.1) is 0 Å². The topological polar surface area (TPSA) is 109 Å². The summed E-state index contributed by atoms with van der Waals surface area (Å²) in [4.78, 5) is 22.4. The molecular weight excluding hydrogens is 516 g/mol. The number of nitrogens with two attached hydrogens (primary N) is 1. The number of ether oxygens (including phenoxy) is 1. The molecule has 4 heterocycles. The van der Waals surface area contributed by atoms with Gasteiger partial charge in [0.05, 0.1) is 31.1 Å². The van der Waals surface area contributed by atoms with Gasteiger partial charge in [0.15, 0.2) is 5.82 Å². The Bertz CT molecular complexity index is 1780. The molecule has 0 bridgehead atoms. The number of nitrogens with zero attached hydrogens (tertiary/aromatic N) is 7. The zero-order chi connectivity index (χ0) is 28.4. The summed E-state index contributed by atoms with van der Waals surface area (Å²) >= 11 is 0. The van der Waals surface area contributed by atoms with Crippen LogP contribution < -0.4 is 10.5 Å². The Kier molecular flexibility index (Phi) is 6.11. The predicted molar refractivity (Wildman–Crippen MR) is 158 cm³/mol. The fourth-order valence-corrected chi connectivity index (χ4v) is 6.35. The number of hydrogen-bond donors (Lipinski definition) is 1. The molecule has 0 spiro atoms. The van der Waals surface area contributed by atoms with E-state index in [1.54, 1.807) is 18.1 Å². The quantitative estimate of drug-likeness (QED) is 0.326. The number of methoxy groups -OCH3 is 1. The zero-order valence-corrected chi connectivity index (χ0v) is 24.0. The van der Waals surface area contributed by atoms with Crippen LogP contribution in [0.1, 0.15) is 42.7 Å². The van der Waals surface area contributed by atoms with Gasteiger partial charge in [-0.2, -0.15) is 15.0 Å². The van der Waals surface area contributed by atoms with Crippen LogP contribution in [0.25, 0.3) is 33.5 Å². The maximum Gasteiger partial charge on any atom is 0.254 e. The molecule has 0 radical (unpaired) electrons. The molecule has 5 aromatic rings. The molecule has 3 aromatic heterocycles. The monoisotopic (exact) mass is 552 g/mol. The van der Waals surface area contributed by atoms with E-state index >= 15 is 0 Å². The Balaban J connectivity index is 1.42. The number of aryl methyl sites for hydroxylation is 1. The van der Waals surface area contributed by atoms with E-state index in [-0.39, 0.29) is 23.9 Å². The normalized spacial score (nSPS) is 20.9. The van der Waals surface area contributed by atoms with E-state index < -0.39 is 0 Å². The number of imidazole rings is 1. The van der Waals surface area contributed by atoms with Gasteiger partial charge >= 0.3 is 0 Å². The molecule has 1 aliphatic carbocycles. The molecule has 1 amide bonds. The molecule has 1 saturated carbocycles. The van der Waals surface area contributed by atoms with Crippen molar-refractivity contribution in [2.75, 3.05) is 13.7 Å². The number of hydrogen-bond acceptors (Lipinski definition) is 6. The van der Waals surface area contributed by atoms with Crippen LogP contribution in [0.5, 0.6) is 5.75 Å². The van der Waals surface area contributed by atoms with Crippen LogP contribution in [0.2, 0.25) is 0 Å². The van der Waals surface area contributed by atoms with E-state index in [1.165, 1.54) is 23.7 Å². The van der Waals surface area contributed by atoms with E-state index in [9.17, 15) is 4.79 Å². The molecule has 2 aliphatic rings. The molecule has 1 aliphatic heterocycles. The average molecular weight is 553 g/mol. The lowest BCUT2D eigenvalue weighted by atomic mass is 10.0. The molecule has 2 fully saturated rings. The number of carbonyl (C=O) groups excluding carboxylic acids is 1. The highest BCUT2D eigenvalue weighted by Crippen LogP contribution is 2.39. The highest BCUT2D eigenvalue weighted by molar-refractivity contribution is 6.00. The summed E-state index contributed by atoms with van der Waals surface area (Å²) in [6.07, 6.45) is 4.27. The van der Waals surface area contributed by atoms with Crippen molar-refractivity contribution in [2.24, 2.45) is 24.6 Å². The molecular formula is C31H36N8O2. The van der Waals surface area contributed by atoms with Crippen LogP contribution in [-0.2, 0) is 20.1 Å². The number of amides is 1. The first kappa shape index (κ1) is 25.8. The smallest absolute Gasteiger partial charge is 0.254 e. The third kappa shape index (κ3) is 4.37. The van der Waals surface area contributed by atoms with Crippen molar-refractivity contribution < 1.29 is 9.53 Å². The first-order valence-electron chi connectivity index (χ1n) is 14.4. The third-order valence-corrected chi connectivity index (χ3v) is 8.87. The molecule has 1 saturated heterocycles. The Morgan fingerprint density at radius 1 is 1.12 bits per heavy atom. The van der Waals surface area contributed by atoms with Gasteiger partial charge in [-0.05, 0) is 55.9 Å². The largest absolute Gasteiger partial charge is 0.494 e. The van der Waals surface area contributed by atoms with Gasteiger partial charge in [0, 0.05) is 48.7 Å². The summed E-state index contributed by atoms with van der Waals surface area (Å²) in [5.41, 5.74) is 11.5. The number of para-hydroxylation sites is 1. The number of benzene rings is 2. The lowest BCUT2D eigenvalue weighted by Crippen LogP contribution is -2.40. The number of carbonyl (C=O) groups is 1. The van der Waals surface area contributed by atoms with Gasteiger partial charge in [0.25, 0.3) is 5.91 Å². The highest BCUT2D eigenvalue weighted by Gasteiger charge is 2.37. The second-order valence-electron chi connectivity index (χ2n) is 11.8. The third-order valence-electron chi connectivity index (χ3n) is 8.87. The molecule has 10 heteroatoms. The van der Waals surface area contributed by atoms with Crippen LogP contribution in [0.15, 0.2) is 48.7 Å². The van der Waals surface area contributed by atoms with Crippen molar-refractivity contribution in [1.82, 2.24) is 34.0 Å². The van der Waals surface area contributed by atoms with Crippen LogP contribution in [-0.4, -0.2) is 65.7 Å². The maximum absolute atomic E-state index is 13.8. The van der Waals surface area contributed by atoms with Gasteiger partial charge in [0.1, 0.15) is 17.0 Å². The van der Waals surface area contributed by atoms with Gasteiger partial charge in [-0.1, -0.05) is 25.1 Å². The van der Waals surface area contributed by atoms with Crippen molar-refractivity contribution in [3.8, 4) is 17.3 Å². The minimum absolute atomic E-state index is 0.0397. The Morgan fingerprint density at radius 2 is 1.93 bits per heavy atom. The van der Waals surface area contributed by atoms with E-state index in [0.29, 0.717) is 35.8 Å². The molecule has 2 aromatic carbocycles. The van der Waals surface area contributed by atoms with E-state index in [0.717, 1.165) is 29.3 Å². The lowest BCUT2D eigenvalue weighted by molar-refractivity contribution is 0.0739. The van der Waals surface area contributed by atoms with Crippen molar-refractivity contribution in [1.29, 1.82) is 0 Å². The minimum atomic E-state index is -0.0506. The molecule has 7 rings (SSSR count). The molecule has 41 heavy (non-hydrogen) atoms. The SMILES string of the molecule is COc1cc(C(=O)N2CC(C)[C@@H](N)C2C)cc2nc(-c3cc4ccccc4n3CC3CC3)n(Cc3cnn(C)n3)c12. The van der Waals surface area contributed by atoms with Crippen molar-refractivity contribution in [2.45, 2.75) is 51.9 Å². The summed E-state index contributed by atoms with van der Waals surface area (Å²) in [5.74, 6) is 2.28. The van der Waals surface area contributed by atoms with Crippen molar-refractivity contribution in [3.63, 3.8) is 0 Å². The van der Waals surface area contributed by atoms with Crippen molar-refractivity contribution >= 4 is 27.8 Å². The van der Waals surface area contributed by atoms with Crippen LogP contribution in [0.3, 0.4) is 0 Å². The fraction of sp³-hybridized carbons (Fsp3) is 0.419. The summed E-state index contributed by atoms with van der Waals surface area (Å²) in [7, 11) is 3.46. The van der Waals surface area contributed by atoms with Gasteiger partial charge in [0.2, 0.25) is 0 Å². The summed E-state index contributed by atoms with van der Waals surface area (Å²) in [5, 5.41) is 10.0. The van der Waals surface area contributed by atoms with E-state index in [1.807, 2.05) is 31.0 Å². The molecule has 3 atom stereocenters. The molecule has 10 nitrogen and oxygen atoms in total. The molecule has 2 unspecified atom stereocenters. The number of rotatable bonds is 7. The predicted octanol–water partition coefficient (Wildman–Crippen LogP) is 4.06. The minimum Gasteiger partial charge on any atom is -0.494 e. The summed E-state index contributed by atoms with van der Waals surface area (Å²) in [6.45, 7) is 6.16. The van der Waals surface area contributed by atoms with Gasteiger partial charge in [-0.25, -0.2) is 4.98 Å². The number of aromatic nitrogens is 6. The van der Waals surface area contributed by atoms with E-state index in [4.69, 9.17) is 15.5 Å². The van der Waals surface area contributed by atoms with Crippen LogP contribution in [0, 0.1) is 11.8 Å². The second kappa shape index (κ2) is 9.73. The summed E-state index contributed by atoms with van der Waals surface area (Å²) in [6, 6.07) is 14.4. The number of fused-ring (bicyclic) bond motifs is 2. The fourth-order valence-electron chi connectivity index (χ4n) is 6.35. The Hall–Kier alpha value is -4.18. The Labute approximate surface area is 238 Å². The van der Waals surface area contributed by atoms with Crippen molar-refractivity contribution in [3.05, 3.63) is 59.9 Å². The second-order valence-corrected chi connectivity index (χ2v) is 11.8. The zero-order valence-electron chi connectivity index (χ0n) is 24.0.